The lowest BCUT2D eigenvalue weighted by atomic mass is 9.67. The Morgan fingerprint density at radius 3 is 2.69 bits per heavy atom. The van der Waals surface area contributed by atoms with Gasteiger partial charge in [-0.1, -0.05) is 11.6 Å². The number of ether oxygens (including phenoxy) is 1. The first-order chi connectivity index (χ1) is 12.4. The van der Waals surface area contributed by atoms with Crippen molar-refractivity contribution in [3.63, 3.8) is 0 Å². The minimum atomic E-state index is -0.670. The molecule has 2 N–H and O–H groups in total. The Morgan fingerprint density at radius 2 is 2.12 bits per heavy atom. The largest absolute Gasteiger partial charge is 0.395 e. The van der Waals surface area contributed by atoms with Crippen LogP contribution in [0.25, 0.3) is 0 Å². The number of amides is 1. The summed E-state index contributed by atoms with van der Waals surface area (Å²) in [4.78, 5) is 14.9. The predicted octanol–water partition coefficient (Wildman–Crippen LogP) is 2.16. The minimum absolute atomic E-state index is 0.0618. The highest BCUT2D eigenvalue weighted by atomic mass is 16.5. The number of anilines is 1. The third-order valence-corrected chi connectivity index (χ3v) is 6.29. The van der Waals surface area contributed by atoms with Crippen LogP contribution < -0.4 is 5.32 Å². The Morgan fingerprint density at radius 1 is 1.42 bits per heavy atom. The molecule has 1 saturated carbocycles. The van der Waals surface area contributed by atoms with Crippen molar-refractivity contribution >= 4 is 11.8 Å². The number of nitrogens with zero attached hydrogens (tertiary/aromatic N) is 2. The molecule has 2 fully saturated rings. The number of carbonyl (C=O) groups excluding carboxylic acids is 1. The van der Waals surface area contributed by atoms with E-state index in [9.17, 15) is 9.90 Å². The Bertz CT molecular complexity index is 613. The molecule has 1 amide bonds. The molecular formula is C19H31N3O4. The highest BCUT2D eigenvalue weighted by Gasteiger charge is 2.41. The van der Waals surface area contributed by atoms with Crippen LogP contribution >= 0.6 is 0 Å². The standard InChI is InChI=1S/C19H31N3O4/c1-18(2,22(3)12-14-5-9-25-10-6-14)17(24)20-16-11-15(21-26-16)19(13-23)7-4-8-19/h11,14,23H,4-10,12-13H2,1-3H3,(H,20,24). The van der Waals surface area contributed by atoms with Gasteiger partial charge in [0.15, 0.2) is 0 Å². The lowest BCUT2D eigenvalue weighted by Gasteiger charge is -2.38. The summed E-state index contributed by atoms with van der Waals surface area (Å²) in [6, 6.07) is 1.75. The third kappa shape index (κ3) is 3.80. The predicted molar refractivity (Wildman–Crippen MR) is 98.0 cm³/mol. The van der Waals surface area contributed by atoms with Crippen LogP contribution in [0.2, 0.25) is 0 Å². The van der Waals surface area contributed by atoms with Gasteiger partial charge in [-0.15, -0.1) is 0 Å². The van der Waals surface area contributed by atoms with Gasteiger partial charge in [0, 0.05) is 31.2 Å². The summed E-state index contributed by atoms with van der Waals surface area (Å²) < 4.78 is 10.7. The van der Waals surface area contributed by atoms with Crippen LogP contribution in [0.15, 0.2) is 10.6 Å². The van der Waals surface area contributed by atoms with E-state index in [2.05, 4.69) is 15.4 Å². The van der Waals surface area contributed by atoms with Gasteiger partial charge in [0.05, 0.1) is 17.8 Å². The topological polar surface area (TPSA) is 87.8 Å². The van der Waals surface area contributed by atoms with Gasteiger partial charge in [-0.3, -0.25) is 15.0 Å². The van der Waals surface area contributed by atoms with Crippen LogP contribution in [0, 0.1) is 5.92 Å². The highest BCUT2D eigenvalue weighted by molar-refractivity contribution is 5.96. The summed E-state index contributed by atoms with van der Waals surface area (Å²) in [5.74, 6) is 0.777. The van der Waals surface area contributed by atoms with E-state index in [1.54, 1.807) is 6.07 Å². The van der Waals surface area contributed by atoms with Gasteiger partial charge in [0.2, 0.25) is 11.8 Å². The van der Waals surface area contributed by atoms with E-state index in [1.807, 2.05) is 20.9 Å². The van der Waals surface area contributed by atoms with Crippen LogP contribution in [0.5, 0.6) is 0 Å². The fraction of sp³-hybridized carbons (Fsp3) is 0.789. The quantitative estimate of drug-likeness (QED) is 0.770. The molecule has 2 aliphatic rings. The van der Waals surface area contributed by atoms with Crippen LogP contribution in [-0.4, -0.2) is 60.0 Å². The molecule has 1 aliphatic heterocycles. The summed E-state index contributed by atoms with van der Waals surface area (Å²) in [6.07, 6.45) is 4.97. The van der Waals surface area contributed by atoms with Gasteiger partial charge >= 0.3 is 0 Å². The lowest BCUT2D eigenvalue weighted by molar-refractivity contribution is -0.126. The SMILES string of the molecule is CN(CC1CCOCC1)C(C)(C)C(=O)Nc1cc(C2(CO)CCC2)no1. The van der Waals surface area contributed by atoms with E-state index in [1.165, 1.54) is 0 Å². The number of hydrogen-bond donors (Lipinski definition) is 2. The maximum atomic E-state index is 12.8. The Kier molecular flexibility index (Phi) is 5.69. The van der Waals surface area contributed by atoms with Crippen molar-refractivity contribution in [2.75, 3.05) is 38.7 Å². The molecule has 0 aromatic carbocycles. The smallest absolute Gasteiger partial charge is 0.246 e. The third-order valence-electron chi connectivity index (χ3n) is 6.29. The van der Waals surface area contributed by atoms with Crippen molar-refractivity contribution in [1.82, 2.24) is 10.1 Å². The number of carbonyl (C=O) groups is 1. The summed E-state index contributed by atoms with van der Waals surface area (Å²) in [7, 11) is 1.98. The number of hydrogen-bond acceptors (Lipinski definition) is 6. The van der Waals surface area contributed by atoms with Crippen molar-refractivity contribution in [3.8, 4) is 0 Å². The molecule has 0 bridgehead atoms. The average Bonchev–Trinajstić information content (AvgIpc) is 3.04. The molecule has 1 aliphatic carbocycles. The zero-order valence-corrected chi connectivity index (χ0v) is 16.1. The summed E-state index contributed by atoms with van der Waals surface area (Å²) >= 11 is 0. The van der Waals surface area contributed by atoms with Crippen LogP contribution in [-0.2, 0) is 14.9 Å². The molecule has 26 heavy (non-hydrogen) atoms. The van der Waals surface area contributed by atoms with E-state index in [0.29, 0.717) is 11.8 Å². The molecule has 1 aromatic heterocycles. The first-order valence-electron chi connectivity index (χ1n) is 9.56. The van der Waals surface area contributed by atoms with Crippen LogP contribution in [0.1, 0.15) is 51.6 Å². The van der Waals surface area contributed by atoms with Crippen LogP contribution in [0.3, 0.4) is 0 Å². The maximum absolute atomic E-state index is 12.8. The van der Waals surface area contributed by atoms with E-state index < -0.39 is 5.54 Å². The lowest BCUT2D eigenvalue weighted by Crippen LogP contribution is -2.52. The van der Waals surface area contributed by atoms with Gasteiger partial charge in [0.1, 0.15) is 0 Å². The molecule has 7 heteroatoms. The first-order valence-corrected chi connectivity index (χ1v) is 9.56. The molecule has 0 radical (unpaired) electrons. The number of rotatable bonds is 7. The molecule has 0 unspecified atom stereocenters. The number of aromatic nitrogens is 1. The van der Waals surface area contributed by atoms with E-state index in [0.717, 1.165) is 57.6 Å². The highest BCUT2D eigenvalue weighted by Crippen LogP contribution is 2.43. The van der Waals surface area contributed by atoms with Gasteiger partial charge in [-0.2, -0.15) is 0 Å². The Labute approximate surface area is 155 Å². The fourth-order valence-corrected chi connectivity index (χ4v) is 3.67. The second-order valence-electron chi connectivity index (χ2n) is 8.32. The number of nitrogens with one attached hydrogen (secondary N) is 1. The maximum Gasteiger partial charge on any atom is 0.246 e. The van der Waals surface area contributed by atoms with Crippen LogP contribution in [0.4, 0.5) is 5.88 Å². The second kappa shape index (κ2) is 7.66. The number of aliphatic hydroxyl groups is 1. The van der Waals surface area contributed by atoms with Gasteiger partial charge in [0.25, 0.3) is 0 Å². The zero-order chi connectivity index (χ0) is 18.8. The van der Waals surface area contributed by atoms with Crippen molar-refractivity contribution < 1.29 is 19.2 Å². The van der Waals surface area contributed by atoms with Crippen molar-refractivity contribution in [1.29, 1.82) is 0 Å². The van der Waals surface area contributed by atoms with E-state index in [4.69, 9.17) is 9.26 Å². The molecule has 0 spiro atoms. The Balaban J connectivity index is 1.60. The van der Waals surface area contributed by atoms with E-state index in [-0.39, 0.29) is 17.9 Å². The van der Waals surface area contributed by atoms with Crippen molar-refractivity contribution in [2.24, 2.45) is 5.92 Å². The normalized spacial score (nSPS) is 20.8. The molecule has 1 saturated heterocycles. The van der Waals surface area contributed by atoms with Gasteiger partial charge < -0.3 is 14.4 Å². The van der Waals surface area contributed by atoms with E-state index >= 15 is 0 Å². The summed E-state index contributed by atoms with van der Waals surface area (Å²) in [6.45, 7) is 6.36. The summed E-state index contributed by atoms with van der Waals surface area (Å²) in [5.41, 5.74) is -0.229. The second-order valence-corrected chi connectivity index (χ2v) is 8.32. The number of likely N-dealkylation sites (N-methyl/N-ethyl adjacent to an activating group) is 1. The molecular weight excluding hydrogens is 334 g/mol. The molecule has 2 heterocycles. The Hall–Kier alpha value is -1.44. The van der Waals surface area contributed by atoms with Crippen molar-refractivity contribution in [3.05, 3.63) is 11.8 Å². The molecule has 1 aromatic rings. The fourth-order valence-electron chi connectivity index (χ4n) is 3.67. The summed E-state index contributed by atoms with van der Waals surface area (Å²) in [5, 5.41) is 16.6. The first kappa shape index (κ1) is 19.3. The monoisotopic (exact) mass is 365 g/mol. The van der Waals surface area contributed by atoms with Gasteiger partial charge in [-0.05, 0) is 52.5 Å². The zero-order valence-electron chi connectivity index (χ0n) is 16.1. The van der Waals surface area contributed by atoms with Crippen molar-refractivity contribution in [2.45, 2.75) is 56.9 Å². The number of aliphatic hydroxyl groups excluding tert-OH is 1. The molecule has 3 rings (SSSR count). The molecule has 7 nitrogen and oxygen atoms in total. The van der Waals surface area contributed by atoms with Gasteiger partial charge in [-0.25, -0.2) is 0 Å². The molecule has 0 atom stereocenters. The average molecular weight is 365 g/mol. The minimum Gasteiger partial charge on any atom is -0.395 e. The molecule has 146 valence electrons.